The van der Waals surface area contributed by atoms with E-state index >= 15 is 0 Å². The number of carbonyl (C=O) groups is 2. The number of thioether (sulfide) groups is 1. The first-order valence-electron chi connectivity index (χ1n) is 4.31. The minimum absolute atomic E-state index is 0.0522. The van der Waals surface area contributed by atoms with Crippen molar-refractivity contribution in [3.63, 3.8) is 0 Å². The van der Waals surface area contributed by atoms with E-state index < -0.39 is 5.97 Å². The number of nitrogens with one attached hydrogen (secondary N) is 1. The zero-order valence-electron chi connectivity index (χ0n) is 7.93. The quantitative estimate of drug-likeness (QED) is 0.706. The molecule has 0 saturated heterocycles. The van der Waals surface area contributed by atoms with Crippen LogP contribution in [0.4, 0.5) is 0 Å². The van der Waals surface area contributed by atoms with E-state index in [-0.39, 0.29) is 17.4 Å². The van der Waals surface area contributed by atoms with E-state index in [1.165, 1.54) is 18.0 Å². The summed E-state index contributed by atoms with van der Waals surface area (Å²) in [4.78, 5) is 21.4. The van der Waals surface area contributed by atoms with Gasteiger partial charge < -0.3 is 14.8 Å². The van der Waals surface area contributed by atoms with Gasteiger partial charge in [-0.05, 0) is 12.1 Å². The summed E-state index contributed by atoms with van der Waals surface area (Å²) in [5, 5.41) is 11.0. The summed E-state index contributed by atoms with van der Waals surface area (Å²) >= 11 is 1.26. The summed E-state index contributed by atoms with van der Waals surface area (Å²) in [5.41, 5.74) is 0. The van der Waals surface area contributed by atoms with Crippen LogP contribution in [0.25, 0.3) is 0 Å². The highest BCUT2D eigenvalue weighted by Crippen LogP contribution is 2.00. The molecule has 0 fully saturated rings. The second kappa shape index (κ2) is 6.13. The second-order valence-electron chi connectivity index (χ2n) is 2.68. The Kier molecular flexibility index (Phi) is 4.76. The first-order chi connectivity index (χ1) is 7.20. The van der Waals surface area contributed by atoms with E-state index in [0.717, 1.165) is 0 Å². The van der Waals surface area contributed by atoms with Gasteiger partial charge in [-0.3, -0.25) is 9.59 Å². The number of amides is 1. The molecular formula is C9H11NO4S. The maximum atomic E-state index is 11.3. The Balaban J connectivity index is 2.10. The minimum Gasteiger partial charge on any atom is -0.481 e. The van der Waals surface area contributed by atoms with Gasteiger partial charge in [0.05, 0.1) is 12.0 Å². The standard InChI is InChI=1S/C9H11NO4S/c11-8(12)6-15-5-3-10-9(13)7-2-1-4-14-7/h1-2,4H,3,5-6H2,(H,10,13)(H,11,12). The Hall–Kier alpha value is -1.43. The van der Waals surface area contributed by atoms with Crippen LogP contribution in [0, 0.1) is 0 Å². The van der Waals surface area contributed by atoms with Crippen LogP contribution in [0.2, 0.25) is 0 Å². The number of aliphatic carboxylic acids is 1. The Labute approximate surface area is 90.8 Å². The highest BCUT2D eigenvalue weighted by Gasteiger charge is 2.06. The van der Waals surface area contributed by atoms with Crippen molar-refractivity contribution >= 4 is 23.6 Å². The Bertz CT molecular complexity index is 323. The fraction of sp³-hybridized carbons (Fsp3) is 0.333. The average Bonchev–Trinajstić information content (AvgIpc) is 2.69. The largest absolute Gasteiger partial charge is 0.481 e. The molecule has 1 aromatic heterocycles. The summed E-state index contributed by atoms with van der Waals surface area (Å²) in [6.07, 6.45) is 1.42. The highest BCUT2D eigenvalue weighted by atomic mass is 32.2. The smallest absolute Gasteiger partial charge is 0.313 e. The van der Waals surface area contributed by atoms with E-state index in [1.807, 2.05) is 0 Å². The molecule has 5 nitrogen and oxygen atoms in total. The summed E-state index contributed by atoms with van der Waals surface area (Å²) in [7, 11) is 0. The van der Waals surface area contributed by atoms with Gasteiger partial charge in [-0.1, -0.05) is 0 Å². The number of carboxylic acid groups (broad SMARTS) is 1. The van der Waals surface area contributed by atoms with E-state index in [9.17, 15) is 9.59 Å². The Morgan fingerprint density at radius 2 is 2.33 bits per heavy atom. The number of hydrogen-bond acceptors (Lipinski definition) is 4. The lowest BCUT2D eigenvalue weighted by molar-refractivity contribution is -0.133. The molecule has 0 aliphatic rings. The molecule has 82 valence electrons. The van der Waals surface area contributed by atoms with Gasteiger partial charge in [0, 0.05) is 12.3 Å². The fourth-order valence-electron chi connectivity index (χ4n) is 0.891. The number of carbonyl (C=O) groups excluding carboxylic acids is 1. The number of rotatable bonds is 6. The topological polar surface area (TPSA) is 79.5 Å². The number of furan rings is 1. The third kappa shape index (κ3) is 4.55. The highest BCUT2D eigenvalue weighted by molar-refractivity contribution is 7.99. The zero-order valence-corrected chi connectivity index (χ0v) is 8.75. The molecule has 2 N–H and O–H groups in total. The molecule has 0 radical (unpaired) electrons. The minimum atomic E-state index is -0.850. The van der Waals surface area contributed by atoms with Crippen LogP contribution in [0.5, 0.6) is 0 Å². The van der Waals surface area contributed by atoms with Crippen LogP contribution in [-0.4, -0.2) is 35.0 Å². The molecule has 1 amide bonds. The van der Waals surface area contributed by atoms with E-state index in [2.05, 4.69) is 5.32 Å². The molecule has 6 heteroatoms. The predicted molar refractivity (Wildman–Crippen MR) is 56.0 cm³/mol. The summed E-state index contributed by atoms with van der Waals surface area (Å²) in [6, 6.07) is 3.20. The molecule has 0 aliphatic heterocycles. The average molecular weight is 229 g/mol. The van der Waals surface area contributed by atoms with Gasteiger partial charge in [0.15, 0.2) is 5.76 Å². The predicted octanol–water partition coefficient (Wildman–Crippen LogP) is 0.827. The van der Waals surface area contributed by atoms with Crippen molar-refractivity contribution in [3.05, 3.63) is 24.2 Å². The lowest BCUT2D eigenvalue weighted by atomic mass is 10.4. The molecule has 0 spiro atoms. The van der Waals surface area contributed by atoms with Crippen molar-refractivity contribution in [3.8, 4) is 0 Å². The van der Waals surface area contributed by atoms with Gasteiger partial charge in [0.2, 0.25) is 0 Å². The monoisotopic (exact) mass is 229 g/mol. The van der Waals surface area contributed by atoms with Crippen molar-refractivity contribution in [2.45, 2.75) is 0 Å². The van der Waals surface area contributed by atoms with Crippen molar-refractivity contribution in [1.29, 1.82) is 0 Å². The van der Waals surface area contributed by atoms with Crippen molar-refractivity contribution in [1.82, 2.24) is 5.32 Å². The molecule has 0 aliphatic carbocycles. The summed E-state index contributed by atoms with van der Waals surface area (Å²) in [6.45, 7) is 0.428. The normalized spacial score (nSPS) is 9.87. The van der Waals surface area contributed by atoms with E-state index in [4.69, 9.17) is 9.52 Å². The van der Waals surface area contributed by atoms with Crippen LogP contribution < -0.4 is 5.32 Å². The van der Waals surface area contributed by atoms with Crippen LogP contribution in [0.3, 0.4) is 0 Å². The number of carboxylic acids is 1. The van der Waals surface area contributed by atoms with Crippen LogP contribution in [0.1, 0.15) is 10.6 Å². The van der Waals surface area contributed by atoms with Gasteiger partial charge >= 0.3 is 5.97 Å². The Morgan fingerprint density at radius 3 is 2.93 bits per heavy atom. The molecule has 1 aromatic rings. The van der Waals surface area contributed by atoms with Crippen molar-refractivity contribution < 1.29 is 19.1 Å². The third-order valence-electron chi connectivity index (χ3n) is 1.50. The number of hydrogen-bond donors (Lipinski definition) is 2. The first kappa shape index (κ1) is 11.6. The molecule has 0 bridgehead atoms. The molecule has 1 heterocycles. The SMILES string of the molecule is O=C(O)CSCCNC(=O)c1ccco1. The second-order valence-corrected chi connectivity index (χ2v) is 3.78. The first-order valence-corrected chi connectivity index (χ1v) is 5.47. The summed E-state index contributed by atoms with van der Waals surface area (Å²) < 4.78 is 4.88. The molecule has 0 aromatic carbocycles. The zero-order chi connectivity index (χ0) is 11.1. The maximum absolute atomic E-state index is 11.3. The van der Waals surface area contributed by atoms with Crippen molar-refractivity contribution in [2.24, 2.45) is 0 Å². The van der Waals surface area contributed by atoms with Crippen molar-refractivity contribution in [2.75, 3.05) is 18.1 Å². The van der Waals surface area contributed by atoms with Gasteiger partial charge in [-0.25, -0.2) is 0 Å². The van der Waals surface area contributed by atoms with Crippen LogP contribution >= 0.6 is 11.8 Å². The molecule has 15 heavy (non-hydrogen) atoms. The lowest BCUT2D eigenvalue weighted by Gasteiger charge is -2.01. The van der Waals surface area contributed by atoms with E-state index in [1.54, 1.807) is 12.1 Å². The van der Waals surface area contributed by atoms with Gasteiger partial charge in [0.25, 0.3) is 5.91 Å². The fourth-order valence-corrected chi connectivity index (χ4v) is 1.46. The van der Waals surface area contributed by atoms with Gasteiger partial charge in [0.1, 0.15) is 0 Å². The maximum Gasteiger partial charge on any atom is 0.313 e. The lowest BCUT2D eigenvalue weighted by Crippen LogP contribution is -2.25. The van der Waals surface area contributed by atoms with Crippen LogP contribution in [-0.2, 0) is 4.79 Å². The Morgan fingerprint density at radius 1 is 1.53 bits per heavy atom. The molecule has 0 unspecified atom stereocenters. The third-order valence-corrected chi connectivity index (χ3v) is 2.45. The van der Waals surface area contributed by atoms with Gasteiger partial charge in [-0.15, -0.1) is 11.8 Å². The van der Waals surface area contributed by atoms with Gasteiger partial charge in [-0.2, -0.15) is 0 Å². The van der Waals surface area contributed by atoms with E-state index in [0.29, 0.717) is 12.3 Å². The summed E-state index contributed by atoms with van der Waals surface area (Å²) in [5.74, 6) is -0.249. The van der Waals surface area contributed by atoms with Crippen LogP contribution in [0.15, 0.2) is 22.8 Å². The molecule has 1 rings (SSSR count). The molecular weight excluding hydrogens is 218 g/mol. The molecule has 0 saturated carbocycles. The molecule has 0 atom stereocenters.